The van der Waals surface area contributed by atoms with Crippen molar-refractivity contribution in [2.75, 3.05) is 7.11 Å². The number of methoxy groups -OCH3 is 1. The van der Waals surface area contributed by atoms with E-state index < -0.39 is 17.7 Å². The molecule has 0 aliphatic heterocycles. The van der Waals surface area contributed by atoms with Crippen molar-refractivity contribution in [3.8, 4) is 17.2 Å². The second kappa shape index (κ2) is 5.32. The Morgan fingerprint density at radius 2 is 1.68 bits per heavy atom. The van der Waals surface area contributed by atoms with Gasteiger partial charge in [-0.1, -0.05) is 0 Å². The number of hydrogen-bond acceptors (Lipinski definition) is 6. The fourth-order valence-electron chi connectivity index (χ4n) is 3.87. The summed E-state index contributed by atoms with van der Waals surface area (Å²) in [5.41, 5.74) is 0.549. The number of carbonyl (C=O) groups excluding carboxylic acids is 2. The highest BCUT2D eigenvalue weighted by molar-refractivity contribution is 6.30. The molecule has 128 valence electrons. The summed E-state index contributed by atoms with van der Waals surface area (Å²) >= 11 is 0. The summed E-state index contributed by atoms with van der Waals surface area (Å²) in [6.45, 7) is 0. The van der Waals surface area contributed by atoms with Crippen LogP contribution >= 0.6 is 0 Å². The molecule has 2 aromatic carbocycles. The van der Waals surface area contributed by atoms with Gasteiger partial charge in [0.25, 0.3) is 0 Å². The maximum absolute atomic E-state index is 12.9. The number of phenolic OH excluding ortho intramolecular Hbond substituents is 3. The molecule has 0 fully saturated rings. The second-order valence-corrected chi connectivity index (χ2v) is 6.34. The van der Waals surface area contributed by atoms with Crippen molar-refractivity contribution in [2.24, 2.45) is 0 Å². The molecule has 4 rings (SSSR count). The van der Waals surface area contributed by atoms with Gasteiger partial charge in [0.2, 0.25) is 0 Å². The van der Waals surface area contributed by atoms with Crippen LogP contribution in [0.2, 0.25) is 0 Å². The number of aromatic hydroxyl groups is 3. The molecule has 2 aliphatic rings. The van der Waals surface area contributed by atoms with Crippen molar-refractivity contribution in [1.29, 1.82) is 0 Å². The van der Waals surface area contributed by atoms with E-state index in [1.54, 1.807) is 0 Å². The first kappa shape index (κ1) is 15.7. The Kier molecular flexibility index (Phi) is 3.33. The summed E-state index contributed by atoms with van der Waals surface area (Å²) in [7, 11) is 1.50. The first-order valence-electron chi connectivity index (χ1n) is 8.01. The molecule has 2 aromatic rings. The molecule has 0 saturated heterocycles. The van der Waals surface area contributed by atoms with E-state index in [-0.39, 0.29) is 39.5 Å². The smallest absolute Gasteiger partial charge is 0.198 e. The number of rotatable bonds is 1. The lowest BCUT2D eigenvalue weighted by Crippen LogP contribution is -2.24. The van der Waals surface area contributed by atoms with Gasteiger partial charge in [0, 0.05) is 29.4 Å². The number of ether oxygens (including phenoxy) is 1. The van der Waals surface area contributed by atoms with Gasteiger partial charge in [-0.25, -0.2) is 0 Å². The van der Waals surface area contributed by atoms with Gasteiger partial charge < -0.3 is 20.1 Å². The molecule has 6 heteroatoms. The van der Waals surface area contributed by atoms with Crippen LogP contribution in [0.25, 0.3) is 0 Å². The molecule has 0 heterocycles. The van der Waals surface area contributed by atoms with E-state index in [1.807, 2.05) is 0 Å². The number of fused-ring (bicyclic) bond motifs is 3. The number of ketones is 2. The van der Waals surface area contributed by atoms with Gasteiger partial charge in [-0.15, -0.1) is 0 Å². The third-order valence-electron chi connectivity index (χ3n) is 5.04. The maximum atomic E-state index is 12.9. The Morgan fingerprint density at radius 1 is 1.00 bits per heavy atom. The summed E-state index contributed by atoms with van der Waals surface area (Å²) in [5.74, 6) is -1.87. The number of benzene rings is 2. The zero-order valence-electron chi connectivity index (χ0n) is 13.5. The van der Waals surface area contributed by atoms with Gasteiger partial charge in [-0.05, 0) is 37.5 Å². The Morgan fingerprint density at radius 3 is 2.40 bits per heavy atom. The average Bonchev–Trinajstić information content (AvgIpc) is 2.61. The largest absolute Gasteiger partial charge is 0.508 e. The molecule has 1 atom stereocenters. The SMILES string of the molecule is COC1CCCc2c(O)c3c(c(O)c21)C(=O)c1ccc(O)cc1C3=O. The third kappa shape index (κ3) is 2.01. The van der Waals surface area contributed by atoms with Gasteiger partial charge in [-0.3, -0.25) is 9.59 Å². The van der Waals surface area contributed by atoms with Crippen LogP contribution in [-0.2, 0) is 11.2 Å². The molecule has 0 aromatic heterocycles. The Hall–Kier alpha value is -2.86. The minimum atomic E-state index is -0.587. The normalized spacial score (nSPS) is 18.5. The lowest BCUT2D eigenvalue weighted by atomic mass is 9.77. The average molecular weight is 340 g/mol. The van der Waals surface area contributed by atoms with Crippen LogP contribution in [-0.4, -0.2) is 34.0 Å². The fourth-order valence-corrected chi connectivity index (χ4v) is 3.87. The highest BCUT2D eigenvalue weighted by atomic mass is 16.5. The molecule has 6 nitrogen and oxygen atoms in total. The van der Waals surface area contributed by atoms with E-state index in [4.69, 9.17) is 4.74 Å². The van der Waals surface area contributed by atoms with E-state index in [1.165, 1.54) is 25.3 Å². The molecule has 0 radical (unpaired) electrons. The van der Waals surface area contributed by atoms with Crippen molar-refractivity contribution in [3.63, 3.8) is 0 Å². The van der Waals surface area contributed by atoms with Crippen molar-refractivity contribution >= 4 is 11.6 Å². The number of carbonyl (C=O) groups is 2. The lowest BCUT2D eigenvalue weighted by Gasteiger charge is -2.30. The van der Waals surface area contributed by atoms with Gasteiger partial charge in [0.15, 0.2) is 11.6 Å². The predicted molar refractivity (Wildman–Crippen MR) is 87.4 cm³/mol. The zero-order chi connectivity index (χ0) is 17.9. The molecule has 3 N–H and O–H groups in total. The highest BCUT2D eigenvalue weighted by Gasteiger charge is 2.40. The third-order valence-corrected chi connectivity index (χ3v) is 5.04. The van der Waals surface area contributed by atoms with E-state index in [9.17, 15) is 24.9 Å². The monoisotopic (exact) mass is 340 g/mol. The van der Waals surface area contributed by atoms with Crippen molar-refractivity contribution in [1.82, 2.24) is 0 Å². The van der Waals surface area contributed by atoms with Crippen LogP contribution in [0.5, 0.6) is 17.2 Å². The Bertz CT molecular complexity index is 944. The molecule has 1 unspecified atom stereocenters. The van der Waals surface area contributed by atoms with E-state index in [0.717, 1.165) is 6.42 Å². The van der Waals surface area contributed by atoms with Gasteiger partial charge in [0.05, 0.1) is 17.2 Å². The molecule has 2 aliphatic carbocycles. The van der Waals surface area contributed by atoms with Crippen molar-refractivity contribution < 1.29 is 29.6 Å². The zero-order valence-corrected chi connectivity index (χ0v) is 13.5. The van der Waals surface area contributed by atoms with Gasteiger partial charge >= 0.3 is 0 Å². The summed E-state index contributed by atoms with van der Waals surface area (Å²) in [6.07, 6.45) is 1.43. The topological polar surface area (TPSA) is 104 Å². The van der Waals surface area contributed by atoms with Crippen LogP contribution in [0, 0.1) is 0 Å². The Labute approximate surface area is 143 Å². The van der Waals surface area contributed by atoms with E-state index in [2.05, 4.69) is 0 Å². The number of hydrogen-bond donors (Lipinski definition) is 3. The minimum absolute atomic E-state index is 0.0197. The predicted octanol–water partition coefficient (Wildman–Crippen LogP) is 2.60. The molecular weight excluding hydrogens is 324 g/mol. The van der Waals surface area contributed by atoms with Crippen LogP contribution < -0.4 is 0 Å². The van der Waals surface area contributed by atoms with Crippen LogP contribution in [0.4, 0.5) is 0 Å². The molecule has 0 bridgehead atoms. The lowest BCUT2D eigenvalue weighted by molar-refractivity contribution is 0.0843. The summed E-state index contributed by atoms with van der Waals surface area (Å²) < 4.78 is 5.39. The molecule has 25 heavy (non-hydrogen) atoms. The summed E-state index contributed by atoms with van der Waals surface area (Å²) in [4.78, 5) is 25.7. The maximum Gasteiger partial charge on any atom is 0.198 e. The minimum Gasteiger partial charge on any atom is -0.508 e. The van der Waals surface area contributed by atoms with Crippen LogP contribution in [0.1, 0.15) is 61.9 Å². The van der Waals surface area contributed by atoms with Crippen LogP contribution in [0.15, 0.2) is 18.2 Å². The summed E-state index contributed by atoms with van der Waals surface area (Å²) in [6, 6.07) is 3.85. The highest BCUT2D eigenvalue weighted by Crippen LogP contribution is 2.49. The second-order valence-electron chi connectivity index (χ2n) is 6.34. The van der Waals surface area contributed by atoms with E-state index >= 15 is 0 Å². The van der Waals surface area contributed by atoms with E-state index in [0.29, 0.717) is 24.0 Å². The summed E-state index contributed by atoms with van der Waals surface area (Å²) in [5, 5.41) is 31.1. The van der Waals surface area contributed by atoms with Gasteiger partial charge in [0.1, 0.15) is 17.2 Å². The fraction of sp³-hybridized carbons (Fsp3) is 0.263. The van der Waals surface area contributed by atoms with Gasteiger partial charge in [-0.2, -0.15) is 0 Å². The van der Waals surface area contributed by atoms with Crippen molar-refractivity contribution in [2.45, 2.75) is 25.4 Å². The first-order chi connectivity index (χ1) is 12.0. The Balaban J connectivity index is 2.06. The molecule has 0 amide bonds. The van der Waals surface area contributed by atoms with Crippen molar-refractivity contribution in [3.05, 3.63) is 51.6 Å². The molecule has 0 spiro atoms. The first-order valence-corrected chi connectivity index (χ1v) is 8.01. The molecule has 0 saturated carbocycles. The standard InChI is InChI=1S/C19H16O6/c1-25-12-4-2-3-10-13(12)19(24)15-14(17(10)22)18(23)11-7-8(20)5-6-9(11)16(15)21/h5-7,12,20,22,24H,2-4H2,1H3. The quantitative estimate of drug-likeness (QED) is 0.588. The van der Waals surface area contributed by atoms with Crippen LogP contribution in [0.3, 0.4) is 0 Å². The molecular formula is C19H16O6. The number of phenols is 3.